The molecule has 1 N–H and O–H groups in total. The number of nitrogens with zero attached hydrogens (tertiary/aromatic N) is 3. The van der Waals surface area contributed by atoms with Crippen molar-refractivity contribution in [1.29, 1.82) is 0 Å². The van der Waals surface area contributed by atoms with Crippen molar-refractivity contribution in [2.24, 2.45) is 5.92 Å². The number of fused-ring (bicyclic) bond motifs is 1. The van der Waals surface area contributed by atoms with Crippen molar-refractivity contribution in [3.05, 3.63) is 77.9 Å². The number of ether oxygens (including phenoxy) is 1. The number of carbonyl (C=O) groups excluding carboxylic acids is 1. The van der Waals surface area contributed by atoms with E-state index in [1.54, 1.807) is 25.6 Å². The Bertz CT molecular complexity index is 1280. The zero-order valence-corrected chi connectivity index (χ0v) is 19.0. The minimum absolute atomic E-state index is 0.0238. The lowest BCUT2D eigenvalue weighted by atomic mass is 10.0. The molecule has 168 valence electrons. The highest BCUT2D eigenvalue weighted by molar-refractivity contribution is 5.99. The molecule has 0 radical (unpaired) electrons. The van der Waals surface area contributed by atoms with Crippen LogP contribution in [-0.4, -0.2) is 46.0 Å². The molecule has 0 spiro atoms. The highest BCUT2D eigenvalue weighted by Crippen LogP contribution is 2.31. The summed E-state index contributed by atoms with van der Waals surface area (Å²) in [5, 5.41) is 1.23. The van der Waals surface area contributed by atoms with E-state index in [1.165, 1.54) is 29.4 Å². The Morgan fingerprint density at radius 3 is 2.82 bits per heavy atom. The molecular weight excluding hydrogens is 412 g/mol. The largest absolute Gasteiger partial charge is 0.481 e. The molecule has 1 aliphatic carbocycles. The Labute approximate surface area is 193 Å². The standard InChI is InChI=1S/C27H28N4O2/c1-18-5-9-24-23(14-18)21(15-29-24)11-13-31(17-19-6-7-19)27(32)26-22(4-3-12-28-26)20-8-10-25(33-2)30-16-20/h3-5,8-10,12,14-16,19,29H,6-7,11,13,17H2,1-2H3. The number of hydrogen-bond donors (Lipinski definition) is 1. The summed E-state index contributed by atoms with van der Waals surface area (Å²) in [6.45, 7) is 3.54. The number of nitrogens with one attached hydrogen (secondary N) is 1. The second kappa shape index (κ2) is 9.06. The maximum Gasteiger partial charge on any atom is 0.273 e. The molecule has 0 aliphatic heterocycles. The molecule has 6 heteroatoms. The number of aromatic amines is 1. The van der Waals surface area contributed by atoms with Gasteiger partial charge >= 0.3 is 0 Å². The van der Waals surface area contributed by atoms with Crippen LogP contribution in [0.5, 0.6) is 5.88 Å². The van der Waals surface area contributed by atoms with Gasteiger partial charge in [-0.25, -0.2) is 4.98 Å². The van der Waals surface area contributed by atoms with Crippen LogP contribution in [-0.2, 0) is 6.42 Å². The molecule has 1 aromatic carbocycles. The van der Waals surface area contributed by atoms with Crippen LogP contribution in [0, 0.1) is 12.8 Å². The average molecular weight is 441 g/mol. The van der Waals surface area contributed by atoms with Gasteiger partial charge in [0.25, 0.3) is 5.91 Å². The second-order valence-corrected chi connectivity index (χ2v) is 8.80. The predicted octanol–water partition coefficient (Wildman–Crippen LogP) is 5.04. The van der Waals surface area contributed by atoms with Gasteiger partial charge in [-0.3, -0.25) is 9.78 Å². The van der Waals surface area contributed by atoms with E-state index in [0.29, 0.717) is 24.0 Å². The maximum absolute atomic E-state index is 13.7. The first-order valence-electron chi connectivity index (χ1n) is 11.4. The van der Waals surface area contributed by atoms with Gasteiger partial charge in [0.15, 0.2) is 0 Å². The lowest BCUT2D eigenvalue weighted by molar-refractivity contribution is 0.0744. The molecule has 3 aromatic heterocycles. The maximum atomic E-state index is 13.7. The second-order valence-electron chi connectivity index (χ2n) is 8.80. The summed E-state index contributed by atoms with van der Waals surface area (Å²) in [4.78, 5) is 27.9. The van der Waals surface area contributed by atoms with Gasteiger partial charge in [-0.1, -0.05) is 17.7 Å². The van der Waals surface area contributed by atoms with Crippen molar-refractivity contribution >= 4 is 16.8 Å². The van der Waals surface area contributed by atoms with Crippen LogP contribution in [0.3, 0.4) is 0 Å². The third-order valence-corrected chi connectivity index (χ3v) is 6.30. The smallest absolute Gasteiger partial charge is 0.273 e. The van der Waals surface area contributed by atoms with Crippen molar-refractivity contribution in [3.8, 4) is 17.0 Å². The lowest BCUT2D eigenvalue weighted by Gasteiger charge is -2.23. The number of amides is 1. The van der Waals surface area contributed by atoms with Crippen molar-refractivity contribution in [2.45, 2.75) is 26.2 Å². The van der Waals surface area contributed by atoms with Crippen molar-refractivity contribution in [3.63, 3.8) is 0 Å². The number of pyridine rings is 2. The Kier molecular flexibility index (Phi) is 5.82. The number of methoxy groups -OCH3 is 1. The summed E-state index contributed by atoms with van der Waals surface area (Å²) in [5.41, 5.74) is 5.73. The van der Waals surface area contributed by atoms with Crippen LogP contribution >= 0.6 is 0 Å². The zero-order chi connectivity index (χ0) is 22.8. The summed E-state index contributed by atoms with van der Waals surface area (Å²) < 4.78 is 5.17. The molecule has 0 bridgehead atoms. The third kappa shape index (κ3) is 4.60. The van der Waals surface area contributed by atoms with Crippen LogP contribution < -0.4 is 4.74 Å². The van der Waals surface area contributed by atoms with E-state index in [4.69, 9.17) is 4.74 Å². The van der Waals surface area contributed by atoms with E-state index in [-0.39, 0.29) is 5.91 Å². The van der Waals surface area contributed by atoms with Gasteiger partial charge in [0, 0.05) is 59.8 Å². The van der Waals surface area contributed by atoms with Crippen molar-refractivity contribution < 1.29 is 9.53 Å². The first kappa shape index (κ1) is 21.2. The Hall–Kier alpha value is -3.67. The van der Waals surface area contributed by atoms with E-state index in [9.17, 15) is 4.79 Å². The van der Waals surface area contributed by atoms with Gasteiger partial charge in [-0.15, -0.1) is 0 Å². The summed E-state index contributed by atoms with van der Waals surface area (Å²) in [6.07, 6.45) is 8.66. The fourth-order valence-electron chi connectivity index (χ4n) is 4.26. The van der Waals surface area contributed by atoms with E-state index in [1.807, 2.05) is 23.1 Å². The quantitative estimate of drug-likeness (QED) is 0.417. The van der Waals surface area contributed by atoms with Gasteiger partial charge in [0.1, 0.15) is 5.69 Å². The van der Waals surface area contributed by atoms with Gasteiger partial charge in [-0.05, 0) is 61.9 Å². The normalized spacial score (nSPS) is 13.3. The SMILES string of the molecule is COc1ccc(-c2cccnc2C(=O)N(CCc2c[nH]c3ccc(C)cc23)CC2CC2)cn1. The molecule has 0 atom stereocenters. The minimum atomic E-state index is -0.0238. The number of benzene rings is 1. The monoisotopic (exact) mass is 440 g/mol. The van der Waals surface area contributed by atoms with Gasteiger partial charge in [0.2, 0.25) is 5.88 Å². The predicted molar refractivity (Wildman–Crippen MR) is 129 cm³/mol. The first-order valence-corrected chi connectivity index (χ1v) is 11.4. The topological polar surface area (TPSA) is 71.1 Å². The summed E-state index contributed by atoms with van der Waals surface area (Å²) >= 11 is 0. The molecule has 3 heterocycles. The van der Waals surface area contributed by atoms with Crippen LogP contribution in [0.1, 0.15) is 34.5 Å². The van der Waals surface area contributed by atoms with E-state index >= 15 is 0 Å². The third-order valence-electron chi connectivity index (χ3n) is 6.30. The van der Waals surface area contributed by atoms with Gasteiger partial charge < -0.3 is 14.6 Å². The number of carbonyl (C=O) groups is 1. The number of H-pyrrole nitrogens is 1. The molecule has 33 heavy (non-hydrogen) atoms. The Morgan fingerprint density at radius 1 is 1.18 bits per heavy atom. The molecular formula is C27H28N4O2. The molecule has 0 saturated heterocycles. The van der Waals surface area contributed by atoms with Crippen molar-refractivity contribution in [1.82, 2.24) is 19.9 Å². The molecule has 6 nitrogen and oxygen atoms in total. The Morgan fingerprint density at radius 2 is 2.06 bits per heavy atom. The van der Waals surface area contributed by atoms with Gasteiger partial charge in [0.05, 0.1) is 7.11 Å². The number of aryl methyl sites for hydroxylation is 1. The molecule has 1 amide bonds. The molecule has 1 fully saturated rings. The highest BCUT2D eigenvalue weighted by atomic mass is 16.5. The van der Waals surface area contributed by atoms with E-state index in [0.717, 1.165) is 29.6 Å². The first-order chi connectivity index (χ1) is 16.1. The average Bonchev–Trinajstić information content (AvgIpc) is 3.59. The van der Waals surface area contributed by atoms with Crippen molar-refractivity contribution in [2.75, 3.05) is 20.2 Å². The summed E-state index contributed by atoms with van der Waals surface area (Å²) in [7, 11) is 1.59. The molecule has 5 rings (SSSR count). The highest BCUT2D eigenvalue weighted by Gasteiger charge is 2.29. The Balaban J connectivity index is 1.41. The zero-order valence-electron chi connectivity index (χ0n) is 19.0. The summed E-state index contributed by atoms with van der Waals surface area (Å²) in [6, 6.07) is 13.9. The van der Waals surface area contributed by atoms with Crippen LogP contribution in [0.25, 0.3) is 22.0 Å². The number of rotatable bonds is 8. The van der Waals surface area contributed by atoms with Gasteiger partial charge in [-0.2, -0.15) is 0 Å². The van der Waals surface area contributed by atoms with E-state index < -0.39 is 0 Å². The molecule has 0 unspecified atom stereocenters. The summed E-state index contributed by atoms with van der Waals surface area (Å²) in [5.74, 6) is 1.11. The fraction of sp³-hybridized carbons (Fsp3) is 0.296. The van der Waals surface area contributed by atoms with Crippen LogP contribution in [0.4, 0.5) is 0 Å². The number of aromatic nitrogens is 3. The molecule has 4 aromatic rings. The van der Waals surface area contributed by atoms with E-state index in [2.05, 4.69) is 46.3 Å². The molecule has 1 saturated carbocycles. The number of hydrogen-bond acceptors (Lipinski definition) is 4. The fourth-order valence-corrected chi connectivity index (χ4v) is 4.26. The van der Waals surface area contributed by atoms with Crippen LogP contribution in [0.2, 0.25) is 0 Å². The molecule has 1 aliphatic rings. The minimum Gasteiger partial charge on any atom is -0.481 e. The lowest BCUT2D eigenvalue weighted by Crippen LogP contribution is -2.35. The van der Waals surface area contributed by atoms with Crippen LogP contribution in [0.15, 0.2) is 61.1 Å².